The van der Waals surface area contributed by atoms with Crippen molar-refractivity contribution < 1.29 is 0 Å². The molecule has 21 heavy (non-hydrogen) atoms. The summed E-state index contributed by atoms with van der Waals surface area (Å²) < 4.78 is 0. The zero-order valence-corrected chi connectivity index (χ0v) is 13.0. The maximum absolute atomic E-state index is 4.54. The van der Waals surface area contributed by atoms with Gasteiger partial charge in [0.05, 0.1) is 5.69 Å². The second-order valence-electron chi connectivity index (χ2n) is 5.41. The first-order chi connectivity index (χ1) is 10.3. The molecule has 0 spiro atoms. The van der Waals surface area contributed by atoms with Crippen LogP contribution in [0.15, 0.2) is 48.7 Å². The van der Waals surface area contributed by atoms with Gasteiger partial charge in [-0.05, 0) is 37.2 Å². The van der Waals surface area contributed by atoms with Gasteiger partial charge in [-0.3, -0.25) is 4.98 Å². The number of likely N-dealkylation sites (N-methyl/N-ethyl adjacent to an activating group) is 1. The molecule has 3 heteroatoms. The molecule has 3 nitrogen and oxygen atoms in total. The highest BCUT2D eigenvalue weighted by Crippen LogP contribution is 2.05. The Bertz CT molecular complexity index is 508. The van der Waals surface area contributed by atoms with Crippen molar-refractivity contribution in [1.82, 2.24) is 15.2 Å². The van der Waals surface area contributed by atoms with Crippen molar-refractivity contribution in [2.75, 3.05) is 20.1 Å². The van der Waals surface area contributed by atoms with Crippen molar-refractivity contribution in [2.45, 2.75) is 26.4 Å². The molecule has 0 aliphatic rings. The first-order valence-corrected chi connectivity index (χ1v) is 7.65. The fourth-order valence-corrected chi connectivity index (χ4v) is 2.24. The van der Waals surface area contributed by atoms with Crippen LogP contribution in [0.5, 0.6) is 0 Å². The topological polar surface area (TPSA) is 28.2 Å². The minimum absolute atomic E-state index is 0.896. The van der Waals surface area contributed by atoms with Gasteiger partial charge >= 0.3 is 0 Å². The van der Waals surface area contributed by atoms with E-state index in [0.717, 1.165) is 38.3 Å². The molecule has 112 valence electrons. The largest absolute Gasteiger partial charge is 0.313 e. The minimum Gasteiger partial charge on any atom is -0.313 e. The predicted octanol–water partition coefficient (Wildman–Crippen LogP) is 2.87. The molecule has 0 amide bonds. The summed E-state index contributed by atoms with van der Waals surface area (Å²) in [7, 11) is 2.15. The van der Waals surface area contributed by atoms with Crippen molar-refractivity contribution in [1.29, 1.82) is 0 Å². The lowest BCUT2D eigenvalue weighted by Crippen LogP contribution is -2.21. The molecule has 0 radical (unpaired) electrons. The average molecular weight is 283 g/mol. The van der Waals surface area contributed by atoms with E-state index in [9.17, 15) is 0 Å². The molecule has 0 saturated carbocycles. The zero-order chi connectivity index (χ0) is 14.9. The summed E-state index contributed by atoms with van der Waals surface area (Å²) >= 11 is 0. The van der Waals surface area contributed by atoms with E-state index in [-0.39, 0.29) is 0 Å². The summed E-state index contributed by atoms with van der Waals surface area (Å²) in [6, 6.07) is 14.9. The maximum atomic E-state index is 4.54. The SMILES string of the molecule is CCNCc1ccc(CN(C)CCc2ccccc2)nc1. The Labute approximate surface area is 128 Å². The molecule has 0 unspecified atom stereocenters. The van der Waals surface area contributed by atoms with E-state index >= 15 is 0 Å². The third-order valence-electron chi connectivity index (χ3n) is 3.52. The van der Waals surface area contributed by atoms with Gasteiger partial charge in [0.1, 0.15) is 0 Å². The summed E-state index contributed by atoms with van der Waals surface area (Å²) in [6.45, 7) is 5.94. The van der Waals surface area contributed by atoms with Gasteiger partial charge in [0.25, 0.3) is 0 Å². The van der Waals surface area contributed by atoms with E-state index in [1.54, 1.807) is 0 Å². The van der Waals surface area contributed by atoms with E-state index in [4.69, 9.17) is 0 Å². The number of hydrogen-bond acceptors (Lipinski definition) is 3. The number of pyridine rings is 1. The van der Waals surface area contributed by atoms with Crippen molar-refractivity contribution in [3.8, 4) is 0 Å². The van der Waals surface area contributed by atoms with Gasteiger partial charge in [-0.25, -0.2) is 0 Å². The highest BCUT2D eigenvalue weighted by atomic mass is 15.1. The Morgan fingerprint density at radius 3 is 2.52 bits per heavy atom. The second-order valence-corrected chi connectivity index (χ2v) is 5.41. The van der Waals surface area contributed by atoms with E-state index in [0.29, 0.717) is 0 Å². The van der Waals surface area contributed by atoms with Crippen LogP contribution in [-0.4, -0.2) is 30.0 Å². The van der Waals surface area contributed by atoms with Crippen LogP contribution < -0.4 is 5.32 Å². The Kier molecular flexibility index (Phi) is 6.38. The molecule has 1 aromatic carbocycles. The normalized spacial score (nSPS) is 11.0. The van der Waals surface area contributed by atoms with Gasteiger partial charge < -0.3 is 10.2 Å². The van der Waals surface area contributed by atoms with Crippen LogP contribution in [0.4, 0.5) is 0 Å². The lowest BCUT2D eigenvalue weighted by Gasteiger charge is -2.16. The van der Waals surface area contributed by atoms with Gasteiger partial charge in [-0.2, -0.15) is 0 Å². The summed E-state index contributed by atoms with van der Waals surface area (Å²) in [4.78, 5) is 6.86. The molecule has 0 aliphatic carbocycles. The Balaban J connectivity index is 1.78. The quantitative estimate of drug-likeness (QED) is 0.807. The van der Waals surface area contributed by atoms with Gasteiger partial charge in [0.2, 0.25) is 0 Å². The van der Waals surface area contributed by atoms with Gasteiger partial charge in [0, 0.05) is 25.8 Å². The molecule has 0 atom stereocenters. The third kappa shape index (κ3) is 5.66. The van der Waals surface area contributed by atoms with Crippen LogP contribution in [-0.2, 0) is 19.5 Å². The number of benzene rings is 1. The predicted molar refractivity (Wildman–Crippen MR) is 88.1 cm³/mol. The fraction of sp³-hybridized carbons (Fsp3) is 0.389. The Hall–Kier alpha value is -1.71. The fourth-order valence-electron chi connectivity index (χ4n) is 2.24. The number of rotatable bonds is 8. The molecular weight excluding hydrogens is 258 g/mol. The molecule has 1 N–H and O–H groups in total. The van der Waals surface area contributed by atoms with Crippen LogP contribution in [0.2, 0.25) is 0 Å². The second kappa shape index (κ2) is 8.55. The van der Waals surface area contributed by atoms with E-state index < -0.39 is 0 Å². The van der Waals surface area contributed by atoms with Crippen molar-refractivity contribution in [3.05, 3.63) is 65.5 Å². The number of nitrogens with one attached hydrogen (secondary N) is 1. The number of nitrogens with zero attached hydrogens (tertiary/aromatic N) is 2. The van der Waals surface area contributed by atoms with E-state index in [2.05, 4.69) is 71.6 Å². The van der Waals surface area contributed by atoms with Crippen molar-refractivity contribution in [3.63, 3.8) is 0 Å². The molecule has 1 heterocycles. The first-order valence-electron chi connectivity index (χ1n) is 7.65. The van der Waals surface area contributed by atoms with E-state index in [1.165, 1.54) is 11.1 Å². The standard InChI is InChI=1S/C18H25N3/c1-3-19-13-17-9-10-18(20-14-17)15-21(2)12-11-16-7-5-4-6-8-16/h4-10,14,19H,3,11-13,15H2,1-2H3. The number of aromatic nitrogens is 1. The Morgan fingerprint density at radius 2 is 1.86 bits per heavy atom. The summed E-state index contributed by atoms with van der Waals surface area (Å²) in [5.74, 6) is 0. The maximum Gasteiger partial charge on any atom is 0.0544 e. The van der Waals surface area contributed by atoms with Crippen LogP contribution in [0.25, 0.3) is 0 Å². The van der Waals surface area contributed by atoms with Crippen LogP contribution in [0.1, 0.15) is 23.7 Å². The number of hydrogen-bond donors (Lipinski definition) is 1. The first kappa shape index (κ1) is 15.7. The zero-order valence-electron chi connectivity index (χ0n) is 13.0. The van der Waals surface area contributed by atoms with Crippen molar-refractivity contribution >= 4 is 0 Å². The molecule has 0 bridgehead atoms. The van der Waals surface area contributed by atoms with Crippen LogP contribution in [0, 0.1) is 0 Å². The molecule has 0 saturated heterocycles. The van der Waals surface area contributed by atoms with Crippen molar-refractivity contribution in [2.24, 2.45) is 0 Å². The van der Waals surface area contributed by atoms with Crippen LogP contribution >= 0.6 is 0 Å². The lowest BCUT2D eigenvalue weighted by atomic mass is 10.1. The van der Waals surface area contributed by atoms with Gasteiger partial charge in [0.15, 0.2) is 0 Å². The van der Waals surface area contributed by atoms with Gasteiger partial charge in [-0.1, -0.05) is 43.3 Å². The monoisotopic (exact) mass is 283 g/mol. The summed E-state index contributed by atoms with van der Waals surface area (Å²) in [5.41, 5.74) is 3.76. The van der Waals surface area contributed by atoms with Gasteiger partial charge in [-0.15, -0.1) is 0 Å². The Morgan fingerprint density at radius 1 is 1.05 bits per heavy atom. The highest BCUT2D eigenvalue weighted by Gasteiger charge is 2.02. The average Bonchev–Trinajstić information content (AvgIpc) is 2.53. The molecule has 2 rings (SSSR count). The van der Waals surface area contributed by atoms with E-state index in [1.807, 2.05) is 6.20 Å². The molecular formula is C18H25N3. The molecule has 0 fully saturated rings. The van der Waals surface area contributed by atoms with Crippen LogP contribution in [0.3, 0.4) is 0 Å². The third-order valence-corrected chi connectivity index (χ3v) is 3.52. The smallest absolute Gasteiger partial charge is 0.0544 e. The minimum atomic E-state index is 0.896. The summed E-state index contributed by atoms with van der Waals surface area (Å²) in [6.07, 6.45) is 3.05. The highest BCUT2D eigenvalue weighted by molar-refractivity contribution is 5.15. The summed E-state index contributed by atoms with van der Waals surface area (Å²) in [5, 5.41) is 3.31. The molecule has 1 aromatic heterocycles. The molecule has 0 aliphatic heterocycles. The molecule has 2 aromatic rings. The lowest BCUT2D eigenvalue weighted by molar-refractivity contribution is 0.327.